The summed E-state index contributed by atoms with van der Waals surface area (Å²) < 4.78 is 0. The van der Waals surface area contributed by atoms with Gasteiger partial charge in [0.15, 0.2) is 0 Å². The predicted octanol–water partition coefficient (Wildman–Crippen LogP) is 2.69. The lowest BCUT2D eigenvalue weighted by molar-refractivity contribution is -0.134. The van der Waals surface area contributed by atoms with E-state index in [4.69, 9.17) is 0 Å². The molecule has 7 heteroatoms. The number of fused-ring (bicyclic) bond motifs is 1. The van der Waals surface area contributed by atoms with Crippen LogP contribution in [0.25, 0.3) is 5.70 Å². The molecule has 30 heavy (non-hydrogen) atoms. The zero-order valence-electron chi connectivity index (χ0n) is 16.9. The fourth-order valence-electron chi connectivity index (χ4n) is 3.92. The van der Waals surface area contributed by atoms with Gasteiger partial charge in [-0.15, -0.1) is 0 Å². The van der Waals surface area contributed by atoms with Crippen molar-refractivity contribution in [2.24, 2.45) is 5.92 Å². The lowest BCUT2D eigenvalue weighted by Gasteiger charge is -2.33. The van der Waals surface area contributed by atoms with Crippen LogP contribution in [0.1, 0.15) is 34.3 Å². The number of carbonyl (C=O) groups is 3. The molecule has 2 aliphatic heterocycles. The van der Waals surface area contributed by atoms with Crippen LogP contribution in [0.15, 0.2) is 49.2 Å². The van der Waals surface area contributed by atoms with Crippen LogP contribution < -0.4 is 5.32 Å². The lowest BCUT2D eigenvalue weighted by atomic mass is 9.97. The molecule has 7 nitrogen and oxygen atoms in total. The summed E-state index contributed by atoms with van der Waals surface area (Å²) in [5.74, 6) is -0.326. The average Bonchev–Trinajstić information content (AvgIpc) is 3.00. The number of amides is 3. The number of hydrogen-bond donors (Lipinski definition) is 1. The van der Waals surface area contributed by atoms with E-state index in [-0.39, 0.29) is 30.2 Å². The summed E-state index contributed by atoms with van der Waals surface area (Å²) in [6.07, 6.45) is 3.15. The first-order chi connectivity index (χ1) is 14.4. The van der Waals surface area contributed by atoms with E-state index in [0.717, 1.165) is 17.5 Å². The van der Waals surface area contributed by atoms with Crippen LogP contribution in [0, 0.1) is 12.8 Å². The summed E-state index contributed by atoms with van der Waals surface area (Å²) >= 11 is 0. The van der Waals surface area contributed by atoms with Crippen molar-refractivity contribution < 1.29 is 14.4 Å². The first-order valence-corrected chi connectivity index (χ1v) is 10.1. The molecule has 3 heterocycles. The van der Waals surface area contributed by atoms with Gasteiger partial charge in [0.05, 0.1) is 5.92 Å². The topological polar surface area (TPSA) is 82.6 Å². The van der Waals surface area contributed by atoms with Gasteiger partial charge >= 0.3 is 0 Å². The Morgan fingerprint density at radius 3 is 2.67 bits per heavy atom. The summed E-state index contributed by atoms with van der Waals surface area (Å²) in [6, 6.07) is 10.9. The summed E-state index contributed by atoms with van der Waals surface area (Å²) in [7, 11) is 0. The maximum absolute atomic E-state index is 12.9. The van der Waals surface area contributed by atoms with E-state index in [0.29, 0.717) is 36.6 Å². The molecule has 2 aliphatic rings. The molecule has 1 aromatic heterocycles. The van der Waals surface area contributed by atoms with Crippen molar-refractivity contribution in [3.8, 4) is 0 Å². The summed E-state index contributed by atoms with van der Waals surface area (Å²) in [5.41, 5.74) is 2.89. The smallest absolute Gasteiger partial charge is 0.259 e. The van der Waals surface area contributed by atoms with Crippen LogP contribution in [0.4, 0.5) is 5.82 Å². The number of hydrogen-bond acceptors (Lipinski definition) is 4. The first-order valence-electron chi connectivity index (χ1n) is 10.1. The van der Waals surface area contributed by atoms with Gasteiger partial charge in [-0.25, -0.2) is 4.98 Å². The Labute approximate surface area is 175 Å². The third-order valence-electron chi connectivity index (χ3n) is 5.64. The molecule has 1 atom stereocenters. The molecule has 1 unspecified atom stereocenters. The number of rotatable bonds is 4. The Kier molecular flexibility index (Phi) is 5.35. The number of piperidine rings is 1. The van der Waals surface area contributed by atoms with Crippen molar-refractivity contribution in [1.82, 2.24) is 14.8 Å². The Bertz CT molecular complexity index is 980. The van der Waals surface area contributed by atoms with E-state index in [1.165, 1.54) is 4.90 Å². The Hall–Kier alpha value is -3.48. The van der Waals surface area contributed by atoms with E-state index in [1.807, 2.05) is 25.1 Å². The molecule has 4 rings (SSSR count). The molecule has 0 aliphatic carbocycles. The molecule has 1 saturated heterocycles. The van der Waals surface area contributed by atoms with E-state index in [1.54, 1.807) is 29.3 Å². The van der Waals surface area contributed by atoms with Gasteiger partial charge in [0, 0.05) is 36.1 Å². The predicted molar refractivity (Wildman–Crippen MR) is 113 cm³/mol. The van der Waals surface area contributed by atoms with Crippen LogP contribution >= 0.6 is 0 Å². The van der Waals surface area contributed by atoms with Gasteiger partial charge in [-0.2, -0.15) is 0 Å². The van der Waals surface area contributed by atoms with Gasteiger partial charge in [-0.05, 0) is 37.5 Å². The van der Waals surface area contributed by atoms with E-state index in [2.05, 4.69) is 16.9 Å². The molecule has 1 aromatic carbocycles. The molecule has 0 bridgehead atoms. The fourth-order valence-corrected chi connectivity index (χ4v) is 3.92. The molecule has 2 aromatic rings. The summed E-state index contributed by atoms with van der Waals surface area (Å²) in [6.45, 7) is 6.76. The second kappa shape index (κ2) is 8.10. The molecule has 0 spiro atoms. The van der Waals surface area contributed by atoms with Crippen molar-refractivity contribution in [3.63, 3.8) is 0 Å². The van der Waals surface area contributed by atoms with Gasteiger partial charge < -0.3 is 10.2 Å². The molecule has 1 fully saturated rings. The highest BCUT2D eigenvalue weighted by molar-refractivity contribution is 6.10. The third kappa shape index (κ3) is 3.83. The number of nitrogens with one attached hydrogen (secondary N) is 1. The maximum atomic E-state index is 12.9. The molecule has 0 radical (unpaired) electrons. The number of aryl methyl sites for hydroxylation is 1. The van der Waals surface area contributed by atoms with Gasteiger partial charge in [-0.1, -0.05) is 30.8 Å². The largest absolute Gasteiger partial charge is 0.340 e. The zero-order valence-corrected chi connectivity index (χ0v) is 16.9. The van der Waals surface area contributed by atoms with E-state index in [9.17, 15) is 14.4 Å². The number of likely N-dealkylation sites (tertiary alicyclic amines) is 1. The molecule has 0 saturated carbocycles. The number of benzene rings is 1. The molecule has 3 amide bonds. The highest BCUT2D eigenvalue weighted by Gasteiger charge is 2.35. The van der Waals surface area contributed by atoms with Crippen LogP contribution in [0.5, 0.6) is 0 Å². The second-order valence-electron chi connectivity index (χ2n) is 7.77. The SMILES string of the molecule is C=C1c2ccccc2C(=O)N1CC(=O)N1CCCC(C(=O)Nc2ccc(C)cn2)C1. The number of nitrogens with zero attached hydrogens (tertiary/aromatic N) is 3. The van der Waals surface area contributed by atoms with Crippen molar-refractivity contribution in [3.05, 3.63) is 65.9 Å². The maximum Gasteiger partial charge on any atom is 0.259 e. The monoisotopic (exact) mass is 404 g/mol. The highest BCUT2D eigenvalue weighted by Crippen LogP contribution is 2.31. The quantitative estimate of drug-likeness (QED) is 0.849. The van der Waals surface area contributed by atoms with Crippen molar-refractivity contribution >= 4 is 29.2 Å². The van der Waals surface area contributed by atoms with E-state index < -0.39 is 0 Å². The summed E-state index contributed by atoms with van der Waals surface area (Å²) in [4.78, 5) is 45.5. The number of aromatic nitrogens is 1. The highest BCUT2D eigenvalue weighted by atomic mass is 16.2. The average molecular weight is 404 g/mol. The standard InChI is InChI=1S/C23H24N4O3/c1-15-9-10-20(24-12-15)25-22(29)17-6-5-11-26(13-17)21(28)14-27-16(2)18-7-3-4-8-19(18)23(27)30/h3-4,7-10,12,17H,2,5-6,11,13-14H2,1H3,(H,24,25,29). The normalized spacial score (nSPS) is 18.4. The van der Waals surface area contributed by atoms with Gasteiger partial charge in [0.1, 0.15) is 12.4 Å². The minimum absolute atomic E-state index is 0.0692. The van der Waals surface area contributed by atoms with Gasteiger partial charge in [0.25, 0.3) is 5.91 Å². The van der Waals surface area contributed by atoms with E-state index >= 15 is 0 Å². The van der Waals surface area contributed by atoms with Gasteiger partial charge in [0.2, 0.25) is 11.8 Å². The molecular weight excluding hydrogens is 380 g/mol. The van der Waals surface area contributed by atoms with Crippen LogP contribution in [0.2, 0.25) is 0 Å². The van der Waals surface area contributed by atoms with Gasteiger partial charge in [-0.3, -0.25) is 19.3 Å². The molecule has 1 N–H and O–H groups in total. The minimum atomic E-state index is -0.305. The summed E-state index contributed by atoms with van der Waals surface area (Å²) in [5, 5.41) is 2.83. The Morgan fingerprint density at radius 1 is 1.20 bits per heavy atom. The number of pyridine rings is 1. The van der Waals surface area contributed by atoms with Crippen LogP contribution in [-0.2, 0) is 9.59 Å². The molecule has 154 valence electrons. The Morgan fingerprint density at radius 2 is 1.97 bits per heavy atom. The first kappa shape index (κ1) is 19.8. The van der Waals surface area contributed by atoms with Crippen LogP contribution in [-0.4, -0.2) is 52.1 Å². The van der Waals surface area contributed by atoms with Crippen molar-refractivity contribution in [1.29, 1.82) is 0 Å². The fraction of sp³-hybridized carbons (Fsp3) is 0.304. The van der Waals surface area contributed by atoms with Crippen LogP contribution in [0.3, 0.4) is 0 Å². The minimum Gasteiger partial charge on any atom is -0.340 e. The van der Waals surface area contributed by atoms with Crippen molar-refractivity contribution in [2.45, 2.75) is 19.8 Å². The number of carbonyl (C=O) groups excluding carboxylic acids is 3. The lowest BCUT2D eigenvalue weighted by Crippen LogP contribution is -2.47. The van der Waals surface area contributed by atoms with Crippen molar-refractivity contribution in [2.75, 3.05) is 25.0 Å². The second-order valence-corrected chi connectivity index (χ2v) is 7.77. The molecular formula is C23H24N4O3. The number of anilines is 1. The third-order valence-corrected chi connectivity index (χ3v) is 5.64. The Balaban J connectivity index is 1.38. The zero-order chi connectivity index (χ0) is 21.3.